The lowest BCUT2D eigenvalue weighted by molar-refractivity contribution is 0.475. The molecule has 1 aliphatic heterocycles. The number of aromatic hydroxyl groups is 1. The Morgan fingerprint density at radius 1 is 1.33 bits per heavy atom. The molecule has 110 valence electrons. The Bertz CT molecular complexity index is 756. The Morgan fingerprint density at radius 3 is 2.62 bits per heavy atom. The number of aromatic nitrogens is 2. The fraction of sp³-hybridized carbons (Fsp3) is 0.333. The fourth-order valence-corrected chi connectivity index (χ4v) is 3.57. The Hall–Kier alpha value is -1.95. The highest BCUT2D eigenvalue weighted by atomic mass is 32.2. The van der Waals surface area contributed by atoms with Crippen molar-refractivity contribution in [2.45, 2.75) is 32.1 Å². The molecule has 0 saturated heterocycles. The van der Waals surface area contributed by atoms with E-state index in [2.05, 4.69) is 10.1 Å². The van der Waals surface area contributed by atoms with E-state index in [-0.39, 0.29) is 22.6 Å². The van der Waals surface area contributed by atoms with Crippen LogP contribution in [0.4, 0.5) is 5.82 Å². The van der Waals surface area contributed by atoms with Gasteiger partial charge in [-0.05, 0) is 38.5 Å². The third-order valence-electron chi connectivity index (χ3n) is 3.46. The minimum absolute atomic E-state index is 0.0955. The van der Waals surface area contributed by atoms with Crippen LogP contribution in [-0.4, -0.2) is 19.9 Å². The number of phenolic OH excluding ortho intramolecular Hbond substituents is 1. The number of nitrogens with zero attached hydrogens (tertiary/aromatic N) is 2. The van der Waals surface area contributed by atoms with Crippen LogP contribution >= 0.6 is 11.8 Å². The van der Waals surface area contributed by atoms with Crippen LogP contribution in [0.5, 0.6) is 5.75 Å². The van der Waals surface area contributed by atoms with E-state index in [0.29, 0.717) is 11.4 Å². The molecule has 0 aliphatic carbocycles. The monoisotopic (exact) mass is 303 g/mol. The minimum Gasteiger partial charge on any atom is -0.508 e. The average Bonchev–Trinajstić information content (AvgIpc) is 2.76. The molecular formula is C15H17N3O2S. The number of hydrogen-bond donors (Lipinski definition) is 2. The van der Waals surface area contributed by atoms with E-state index < -0.39 is 0 Å². The maximum Gasteiger partial charge on any atom is 0.271 e. The smallest absolute Gasteiger partial charge is 0.271 e. The van der Waals surface area contributed by atoms with Crippen LogP contribution in [0.1, 0.15) is 43.2 Å². The molecule has 0 bridgehead atoms. The lowest BCUT2D eigenvalue weighted by Gasteiger charge is -2.21. The van der Waals surface area contributed by atoms with Crippen LogP contribution in [0.3, 0.4) is 0 Å². The zero-order valence-electron chi connectivity index (χ0n) is 12.1. The molecule has 6 heteroatoms. The summed E-state index contributed by atoms with van der Waals surface area (Å²) in [5.41, 5.74) is 1.57. The van der Waals surface area contributed by atoms with Crippen molar-refractivity contribution in [2.24, 2.45) is 4.99 Å². The average molecular weight is 303 g/mol. The summed E-state index contributed by atoms with van der Waals surface area (Å²) in [6, 6.07) is 7.12. The van der Waals surface area contributed by atoms with Gasteiger partial charge in [-0.2, -0.15) is 0 Å². The normalized spacial score (nSPS) is 17.7. The molecule has 0 spiro atoms. The Labute approximate surface area is 126 Å². The van der Waals surface area contributed by atoms with E-state index in [1.54, 1.807) is 23.9 Å². The number of aromatic amines is 1. The Morgan fingerprint density at radius 2 is 2.00 bits per heavy atom. The number of rotatable bonds is 2. The first-order chi connectivity index (χ1) is 9.97. The summed E-state index contributed by atoms with van der Waals surface area (Å²) in [6.07, 6.45) is 0. The number of fused-ring (bicyclic) bond motifs is 1. The maximum atomic E-state index is 12.3. The second kappa shape index (κ2) is 5.11. The topological polar surface area (TPSA) is 70.4 Å². The van der Waals surface area contributed by atoms with Crippen LogP contribution in [0.15, 0.2) is 34.1 Å². The van der Waals surface area contributed by atoms with Gasteiger partial charge in [-0.3, -0.25) is 14.6 Å². The molecule has 0 fully saturated rings. The number of benzene rings is 1. The van der Waals surface area contributed by atoms with Gasteiger partial charge >= 0.3 is 0 Å². The second-order valence-electron chi connectivity index (χ2n) is 5.36. The van der Waals surface area contributed by atoms with Crippen molar-refractivity contribution in [3.8, 4) is 5.75 Å². The van der Waals surface area contributed by atoms with Crippen LogP contribution in [0, 0.1) is 0 Å². The second-order valence-corrected chi connectivity index (χ2v) is 6.66. The summed E-state index contributed by atoms with van der Waals surface area (Å²) in [5.74, 6) is 0.933. The van der Waals surface area contributed by atoms with Gasteiger partial charge < -0.3 is 5.11 Å². The Balaban J connectivity index is 2.18. The summed E-state index contributed by atoms with van der Waals surface area (Å²) >= 11 is 1.56. The molecular weight excluding hydrogens is 286 g/mol. The summed E-state index contributed by atoms with van der Waals surface area (Å²) < 4.78 is 1.81. The predicted molar refractivity (Wildman–Crippen MR) is 85.7 cm³/mol. The molecule has 1 atom stereocenters. The van der Waals surface area contributed by atoms with Gasteiger partial charge in [0.2, 0.25) is 0 Å². The van der Waals surface area contributed by atoms with Gasteiger partial charge in [0.25, 0.3) is 5.56 Å². The van der Waals surface area contributed by atoms with Gasteiger partial charge in [-0.1, -0.05) is 23.9 Å². The third-order valence-corrected chi connectivity index (χ3v) is 4.64. The number of H-pyrrole nitrogens is 1. The van der Waals surface area contributed by atoms with Crippen molar-refractivity contribution in [1.29, 1.82) is 0 Å². The Kier molecular flexibility index (Phi) is 3.41. The third kappa shape index (κ3) is 2.40. The minimum atomic E-state index is -0.0967. The van der Waals surface area contributed by atoms with Crippen molar-refractivity contribution < 1.29 is 5.11 Å². The zero-order valence-corrected chi connectivity index (χ0v) is 12.9. The first kappa shape index (κ1) is 14.0. The summed E-state index contributed by atoms with van der Waals surface area (Å²) in [5, 5.41) is 13.1. The van der Waals surface area contributed by atoms with Gasteiger partial charge in [0.1, 0.15) is 5.75 Å². The highest BCUT2D eigenvalue weighted by Gasteiger charge is 2.30. The summed E-state index contributed by atoms with van der Waals surface area (Å²) in [7, 11) is 0. The van der Waals surface area contributed by atoms with Crippen molar-refractivity contribution in [2.75, 3.05) is 0 Å². The molecule has 0 unspecified atom stereocenters. The fourth-order valence-electron chi connectivity index (χ4n) is 2.47. The van der Waals surface area contributed by atoms with Crippen LogP contribution in [0.2, 0.25) is 0 Å². The standard InChI is InChI=1S/C15H17N3O2S/c1-8(2)18-14-12(15(20)17-18)13(21-9(3)16-14)10-4-6-11(19)7-5-10/h4-8,13,19H,1-3H3,(H,17,20)/t13-/m1/s1. The molecule has 2 aromatic rings. The number of phenols is 1. The summed E-state index contributed by atoms with van der Waals surface area (Å²) in [4.78, 5) is 16.9. The molecule has 5 nitrogen and oxygen atoms in total. The largest absolute Gasteiger partial charge is 0.508 e. The highest BCUT2D eigenvalue weighted by molar-refractivity contribution is 8.14. The van der Waals surface area contributed by atoms with E-state index in [1.807, 2.05) is 37.6 Å². The molecule has 2 heterocycles. The van der Waals surface area contributed by atoms with Gasteiger partial charge in [-0.15, -0.1) is 0 Å². The molecule has 0 amide bonds. The maximum absolute atomic E-state index is 12.3. The molecule has 1 aromatic heterocycles. The van der Waals surface area contributed by atoms with E-state index in [0.717, 1.165) is 10.6 Å². The van der Waals surface area contributed by atoms with Crippen LogP contribution in [-0.2, 0) is 0 Å². The first-order valence-electron chi connectivity index (χ1n) is 6.82. The molecule has 0 saturated carbocycles. The van der Waals surface area contributed by atoms with E-state index in [1.165, 1.54) is 0 Å². The molecule has 21 heavy (non-hydrogen) atoms. The van der Waals surface area contributed by atoms with Crippen molar-refractivity contribution in [1.82, 2.24) is 9.78 Å². The van der Waals surface area contributed by atoms with Gasteiger partial charge in [-0.25, -0.2) is 4.99 Å². The van der Waals surface area contributed by atoms with Gasteiger partial charge in [0, 0.05) is 6.04 Å². The lowest BCUT2D eigenvalue weighted by Crippen LogP contribution is -2.13. The zero-order chi connectivity index (χ0) is 15.1. The van der Waals surface area contributed by atoms with Crippen LogP contribution < -0.4 is 5.56 Å². The van der Waals surface area contributed by atoms with E-state index in [4.69, 9.17) is 0 Å². The number of aliphatic imine (C=N–C) groups is 1. The van der Waals surface area contributed by atoms with E-state index in [9.17, 15) is 9.90 Å². The van der Waals surface area contributed by atoms with Gasteiger partial charge in [0.15, 0.2) is 5.82 Å². The van der Waals surface area contributed by atoms with E-state index >= 15 is 0 Å². The highest BCUT2D eigenvalue weighted by Crippen LogP contribution is 2.44. The van der Waals surface area contributed by atoms with Crippen LogP contribution in [0.25, 0.3) is 0 Å². The van der Waals surface area contributed by atoms with Gasteiger partial charge in [0.05, 0.1) is 15.9 Å². The van der Waals surface area contributed by atoms with Crippen molar-refractivity contribution >= 4 is 22.6 Å². The molecule has 0 radical (unpaired) electrons. The molecule has 3 rings (SSSR count). The number of thioether (sulfide) groups is 1. The first-order valence-corrected chi connectivity index (χ1v) is 7.70. The number of nitrogens with one attached hydrogen (secondary N) is 1. The van der Waals surface area contributed by atoms with Crippen molar-refractivity contribution in [3.05, 3.63) is 45.7 Å². The number of hydrogen-bond acceptors (Lipinski definition) is 4. The molecule has 2 N–H and O–H groups in total. The molecule has 1 aromatic carbocycles. The predicted octanol–water partition coefficient (Wildman–Crippen LogP) is 3.35. The van der Waals surface area contributed by atoms with Crippen molar-refractivity contribution in [3.63, 3.8) is 0 Å². The lowest BCUT2D eigenvalue weighted by atomic mass is 10.1. The quantitative estimate of drug-likeness (QED) is 0.893. The molecule has 1 aliphatic rings. The summed E-state index contributed by atoms with van der Waals surface area (Å²) in [6.45, 7) is 5.97. The SMILES string of the molecule is CC1=Nc2c(c(=O)[nH]n2C(C)C)[C@@H](c2ccc(O)cc2)S1.